The number of allylic oxidation sites excluding steroid dienone is 2. The standard InChI is InChI=1S/C19H21N3O/c1-23-22-18(14-8-5-9-14)19-16-11-10-15(12-17(16)20-21-19)13-6-3-2-4-7-13/h2-4,6-7,10-11,15,22H,5,8-9,12H2,1H3,(H,20,21). The largest absolute Gasteiger partial charge is 0.281 e. The van der Waals surface area contributed by atoms with E-state index in [0.717, 1.165) is 30.7 Å². The van der Waals surface area contributed by atoms with E-state index in [1.165, 1.54) is 28.8 Å². The number of aromatic nitrogens is 2. The third kappa shape index (κ3) is 2.59. The van der Waals surface area contributed by atoms with Gasteiger partial charge in [-0.2, -0.15) is 5.10 Å². The average molecular weight is 307 g/mol. The first kappa shape index (κ1) is 14.3. The van der Waals surface area contributed by atoms with Crippen LogP contribution in [0.5, 0.6) is 0 Å². The Balaban J connectivity index is 1.66. The minimum atomic E-state index is 0.409. The lowest BCUT2D eigenvalue weighted by Gasteiger charge is -2.22. The summed E-state index contributed by atoms with van der Waals surface area (Å²) in [6.07, 6.45) is 8.95. The lowest BCUT2D eigenvalue weighted by atomic mass is 9.85. The van der Waals surface area contributed by atoms with Crippen molar-refractivity contribution in [2.24, 2.45) is 0 Å². The molecule has 0 spiro atoms. The molecule has 118 valence electrons. The number of nitrogens with zero attached hydrogens (tertiary/aromatic N) is 1. The number of rotatable bonds is 4. The minimum Gasteiger partial charge on any atom is -0.281 e. The van der Waals surface area contributed by atoms with Crippen LogP contribution in [0.1, 0.15) is 47.7 Å². The first-order valence-electron chi connectivity index (χ1n) is 8.18. The van der Waals surface area contributed by atoms with Gasteiger partial charge in [0.15, 0.2) is 0 Å². The SMILES string of the molecule is CONC(=C1CCC1)c1n[nH]c2c1C=CC(c1ccccc1)C2. The maximum atomic E-state index is 5.18. The van der Waals surface area contributed by atoms with Crippen molar-refractivity contribution in [1.29, 1.82) is 0 Å². The summed E-state index contributed by atoms with van der Waals surface area (Å²) < 4.78 is 0. The van der Waals surface area contributed by atoms with Crippen LogP contribution in [0.25, 0.3) is 11.8 Å². The van der Waals surface area contributed by atoms with Crippen LogP contribution in [-0.2, 0) is 11.3 Å². The van der Waals surface area contributed by atoms with Gasteiger partial charge in [-0.25, -0.2) is 0 Å². The molecule has 1 unspecified atom stereocenters. The fourth-order valence-corrected chi connectivity index (χ4v) is 3.34. The lowest BCUT2D eigenvalue weighted by molar-refractivity contribution is 0.135. The van der Waals surface area contributed by atoms with E-state index < -0.39 is 0 Å². The third-order valence-corrected chi connectivity index (χ3v) is 4.78. The number of hydrogen-bond donors (Lipinski definition) is 2. The molecule has 4 nitrogen and oxygen atoms in total. The molecule has 4 rings (SSSR count). The van der Waals surface area contributed by atoms with Crippen LogP contribution in [0.4, 0.5) is 0 Å². The van der Waals surface area contributed by atoms with E-state index in [0.29, 0.717) is 5.92 Å². The Kier molecular flexibility index (Phi) is 3.75. The molecule has 1 saturated carbocycles. The van der Waals surface area contributed by atoms with Crippen LogP contribution in [0.15, 0.2) is 42.0 Å². The summed E-state index contributed by atoms with van der Waals surface area (Å²) in [5.41, 5.74) is 10.2. The Morgan fingerprint density at radius 3 is 2.78 bits per heavy atom. The molecular weight excluding hydrogens is 286 g/mol. The molecule has 0 amide bonds. The van der Waals surface area contributed by atoms with Crippen LogP contribution >= 0.6 is 0 Å². The number of H-pyrrole nitrogens is 1. The minimum absolute atomic E-state index is 0.409. The number of nitrogens with one attached hydrogen (secondary N) is 2. The van der Waals surface area contributed by atoms with E-state index >= 15 is 0 Å². The van der Waals surface area contributed by atoms with Gasteiger partial charge in [0.1, 0.15) is 5.69 Å². The monoisotopic (exact) mass is 307 g/mol. The maximum Gasteiger partial charge on any atom is 0.118 e. The molecule has 0 radical (unpaired) electrons. The summed E-state index contributed by atoms with van der Waals surface area (Å²) in [4.78, 5) is 5.18. The van der Waals surface area contributed by atoms with E-state index in [1.54, 1.807) is 7.11 Å². The van der Waals surface area contributed by atoms with Gasteiger partial charge in [-0.1, -0.05) is 42.5 Å². The number of fused-ring (bicyclic) bond motifs is 1. The zero-order chi connectivity index (χ0) is 15.6. The Morgan fingerprint density at radius 2 is 2.09 bits per heavy atom. The second-order valence-electron chi connectivity index (χ2n) is 6.18. The highest BCUT2D eigenvalue weighted by molar-refractivity contribution is 5.75. The highest BCUT2D eigenvalue weighted by atomic mass is 16.6. The zero-order valence-electron chi connectivity index (χ0n) is 13.3. The van der Waals surface area contributed by atoms with Gasteiger partial charge in [0.25, 0.3) is 0 Å². The molecule has 4 heteroatoms. The molecule has 1 heterocycles. The summed E-state index contributed by atoms with van der Waals surface area (Å²) in [5, 5.41) is 7.81. The van der Waals surface area contributed by atoms with Crippen molar-refractivity contribution in [1.82, 2.24) is 15.7 Å². The van der Waals surface area contributed by atoms with E-state index in [-0.39, 0.29) is 0 Å². The molecule has 1 aromatic heterocycles. The van der Waals surface area contributed by atoms with E-state index in [1.807, 2.05) is 0 Å². The smallest absolute Gasteiger partial charge is 0.118 e. The normalized spacial score (nSPS) is 19.2. The van der Waals surface area contributed by atoms with E-state index in [4.69, 9.17) is 4.84 Å². The van der Waals surface area contributed by atoms with Crippen molar-refractivity contribution in [3.8, 4) is 0 Å². The second kappa shape index (κ2) is 6.05. The molecule has 1 atom stereocenters. The van der Waals surface area contributed by atoms with Crippen molar-refractivity contribution in [3.05, 3.63) is 64.5 Å². The van der Waals surface area contributed by atoms with Crippen molar-refractivity contribution in [2.45, 2.75) is 31.6 Å². The topological polar surface area (TPSA) is 49.9 Å². The summed E-state index contributed by atoms with van der Waals surface area (Å²) in [5.74, 6) is 0.409. The van der Waals surface area contributed by atoms with Gasteiger partial charge in [0.05, 0.1) is 12.8 Å². The highest BCUT2D eigenvalue weighted by Gasteiger charge is 2.25. The van der Waals surface area contributed by atoms with E-state index in [2.05, 4.69) is 58.2 Å². The van der Waals surface area contributed by atoms with E-state index in [9.17, 15) is 0 Å². The van der Waals surface area contributed by atoms with Gasteiger partial charge in [-0.15, -0.1) is 0 Å². The summed E-state index contributed by atoms with van der Waals surface area (Å²) in [6, 6.07) is 10.6. The first-order valence-corrected chi connectivity index (χ1v) is 8.18. The predicted molar refractivity (Wildman–Crippen MR) is 91.4 cm³/mol. The van der Waals surface area contributed by atoms with Crippen LogP contribution in [-0.4, -0.2) is 17.3 Å². The number of hydrogen-bond acceptors (Lipinski definition) is 3. The fourth-order valence-electron chi connectivity index (χ4n) is 3.34. The quantitative estimate of drug-likeness (QED) is 0.845. The van der Waals surface area contributed by atoms with Crippen molar-refractivity contribution in [3.63, 3.8) is 0 Å². The number of hydroxylamine groups is 1. The molecule has 0 aliphatic heterocycles. The third-order valence-electron chi connectivity index (χ3n) is 4.78. The second-order valence-corrected chi connectivity index (χ2v) is 6.18. The van der Waals surface area contributed by atoms with Crippen molar-refractivity contribution >= 4 is 11.8 Å². The van der Waals surface area contributed by atoms with Gasteiger partial charge in [-0.05, 0) is 30.4 Å². The summed E-state index contributed by atoms with van der Waals surface area (Å²) >= 11 is 0. The van der Waals surface area contributed by atoms with Crippen LogP contribution in [0.3, 0.4) is 0 Å². The van der Waals surface area contributed by atoms with Gasteiger partial charge in [-0.3, -0.25) is 15.4 Å². The lowest BCUT2D eigenvalue weighted by Crippen LogP contribution is -2.17. The highest BCUT2D eigenvalue weighted by Crippen LogP contribution is 2.36. The Bertz CT molecular complexity index is 752. The van der Waals surface area contributed by atoms with Gasteiger partial charge in [0, 0.05) is 23.6 Å². The summed E-state index contributed by atoms with van der Waals surface area (Å²) in [7, 11) is 1.65. The average Bonchev–Trinajstić information content (AvgIpc) is 2.96. The first-order chi connectivity index (χ1) is 11.4. The van der Waals surface area contributed by atoms with Gasteiger partial charge >= 0.3 is 0 Å². The molecule has 2 aromatic rings. The Labute approximate surface area is 136 Å². The predicted octanol–water partition coefficient (Wildman–Crippen LogP) is 3.81. The number of benzene rings is 1. The molecule has 1 aromatic carbocycles. The van der Waals surface area contributed by atoms with Crippen molar-refractivity contribution < 1.29 is 4.84 Å². The molecule has 0 saturated heterocycles. The maximum absolute atomic E-state index is 5.18. The summed E-state index contributed by atoms with van der Waals surface area (Å²) in [6.45, 7) is 0. The van der Waals surface area contributed by atoms with Gasteiger partial charge < -0.3 is 0 Å². The molecule has 2 aliphatic carbocycles. The Hall–Kier alpha value is -2.33. The van der Waals surface area contributed by atoms with Gasteiger partial charge in [0.2, 0.25) is 0 Å². The number of aromatic amines is 1. The molecule has 1 fully saturated rings. The fraction of sp³-hybridized carbons (Fsp3) is 0.316. The molecule has 0 bridgehead atoms. The van der Waals surface area contributed by atoms with Crippen LogP contribution < -0.4 is 5.48 Å². The molecule has 2 N–H and O–H groups in total. The molecular formula is C19H21N3O. The molecule has 2 aliphatic rings. The van der Waals surface area contributed by atoms with Crippen molar-refractivity contribution in [2.75, 3.05) is 7.11 Å². The van der Waals surface area contributed by atoms with Crippen LogP contribution in [0.2, 0.25) is 0 Å². The Morgan fingerprint density at radius 1 is 1.26 bits per heavy atom. The zero-order valence-corrected chi connectivity index (χ0v) is 13.3. The van der Waals surface area contributed by atoms with Crippen LogP contribution in [0, 0.1) is 0 Å². The molecule has 23 heavy (non-hydrogen) atoms.